The topological polar surface area (TPSA) is 69.6 Å². The van der Waals surface area contributed by atoms with E-state index in [1.807, 2.05) is 61.5 Å². The van der Waals surface area contributed by atoms with Crippen molar-refractivity contribution in [3.63, 3.8) is 0 Å². The lowest BCUT2D eigenvalue weighted by molar-refractivity contribution is 0.508. The first kappa shape index (κ1) is 18.7. The summed E-state index contributed by atoms with van der Waals surface area (Å²) < 4.78 is 7.92. The molecule has 4 rings (SSSR count). The Morgan fingerprint density at radius 1 is 1.00 bits per heavy atom. The molecule has 1 atom stereocenters. The summed E-state index contributed by atoms with van der Waals surface area (Å²) in [4.78, 5) is 0. The Morgan fingerprint density at radius 3 is 2.54 bits per heavy atom. The van der Waals surface area contributed by atoms with E-state index in [0.717, 1.165) is 28.7 Å². The predicted octanol–water partition coefficient (Wildman–Crippen LogP) is 5.52. The molecular weight excluding hydrogens is 394 g/mol. The normalized spacial score (nSPS) is 12.2. The van der Waals surface area contributed by atoms with Crippen molar-refractivity contribution < 1.29 is 4.42 Å². The molecule has 2 aromatic carbocycles. The average molecular weight is 412 g/mol. The summed E-state index contributed by atoms with van der Waals surface area (Å²) in [6.45, 7) is 4.82. The number of thioether (sulfide) groups is 1. The zero-order valence-electron chi connectivity index (χ0n) is 15.4. The van der Waals surface area contributed by atoms with Crippen molar-refractivity contribution >= 4 is 23.4 Å². The molecule has 8 heteroatoms. The number of nitrogens with zero attached hydrogens (tertiary/aromatic N) is 5. The van der Waals surface area contributed by atoms with Crippen molar-refractivity contribution in [2.75, 3.05) is 0 Å². The van der Waals surface area contributed by atoms with Crippen LogP contribution in [0.25, 0.3) is 22.8 Å². The van der Waals surface area contributed by atoms with Crippen molar-refractivity contribution in [1.82, 2.24) is 25.0 Å². The van der Waals surface area contributed by atoms with Crippen LogP contribution in [0, 0.1) is 0 Å². The van der Waals surface area contributed by atoms with E-state index in [0.29, 0.717) is 16.8 Å². The summed E-state index contributed by atoms with van der Waals surface area (Å²) in [5.74, 6) is 1.86. The molecule has 0 radical (unpaired) electrons. The molecule has 2 aromatic heterocycles. The Morgan fingerprint density at radius 2 is 1.79 bits per heavy atom. The average Bonchev–Trinajstić information content (AvgIpc) is 3.36. The maximum atomic E-state index is 6.12. The van der Waals surface area contributed by atoms with Crippen LogP contribution in [0.1, 0.15) is 25.0 Å². The first-order valence-corrected chi connectivity index (χ1v) is 10.2. The van der Waals surface area contributed by atoms with Gasteiger partial charge in [-0.2, -0.15) is 0 Å². The maximum absolute atomic E-state index is 6.12. The highest BCUT2D eigenvalue weighted by Gasteiger charge is 2.21. The zero-order valence-corrected chi connectivity index (χ0v) is 17.0. The van der Waals surface area contributed by atoms with Gasteiger partial charge in [-0.25, -0.2) is 0 Å². The van der Waals surface area contributed by atoms with Crippen molar-refractivity contribution in [1.29, 1.82) is 0 Å². The van der Waals surface area contributed by atoms with Crippen molar-refractivity contribution in [3.8, 4) is 22.8 Å². The van der Waals surface area contributed by atoms with Crippen LogP contribution < -0.4 is 0 Å². The van der Waals surface area contributed by atoms with Crippen LogP contribution in [0.3, 0.4) is 0 Å². The molecule has 0 saturated carbocycles. The van der Waals surface area contributed by atoms with E-state index in [4.69, 9.17) is 16.0 Å². The van der Waals surface area contributed by atoms with Gasteiger partial charge in [0.1, 0.15) is 0 Å². The molecule has 0 amide bonds. The van der Waals surface area contributed by atoms with Gasteiger partial charge in [0, 0.05) is 22.7 Å². The third-order valence-corrected chi connectivity index (χ3v) is 5.51. The van der Waals surface area contributed by atoms with Crippen LogP contribution in [-0.4, -0.2) is 25.0 Å². The standard InChI is InChI=1S/C20H18ClN5OS/c1-3-26-17(15-10-7-11-16(21)12-15)22-25-20(26)28-13(2)18-23-24-19(27-18)14-8-5-4-6-9-14/h4-13H,3H2,1-2H3. The fourth-order valence-corrected chi connectivity index (χ4v) is 3.94. The van der Waals surface area contributed by atoms with E-state index in [1.165, 1.54) is 11.8 Å². The van der Waals surface area contributed by atoms with E-state index in [9.17, 15) is 0 Å². The summed E-state index contributed by atoms with van der Waals surface area (Å²) in [7, 11) is 0. The van der Waals surface area contributed by atoms with Crippen LogP contribution in [0.2, 0.25) is 5.02 Å². The van der Waals surface area contributed by atoms with Gasteiger partial charge in [-0.05, 0) is 38.1 Å². The highest BCUT2D eigenvalue weighted by atomic mass is 35.5. The zero-order chi connectivity index (χ0) is 19.5. The highest BCUT2D eigenvalue weighted by molar-refractivity contribution is 7.99. The van der Waals surface area contributed by atoms with Gasteiger partial charge in [-0.15, -0.1) is 20.4 Å². The van der Waals surface area contributed by atoms with Crippen LogP contribution in [-0.2, 0) is 6.54 Å². The minimum absolute atomic E-state index is 0.0633. The molecule has 0 N–H and O–H groups in total. The summed E-state index contributed by atoms with van der Waals surface area (Å²) in [6.07, 6.45) is 0. The monoisotopic (exact) mass is 411 g/mol. The summed E-state index contributed by atoms with van der Waals surface area (Å²) >= 11 is 7.66. The van der Waals surface area contributed by atoms with Gasteiger partial charge in [0.25, 0.3) is 0 Å². The quantitative estimate of drug-likeness (QED) is 0.389. The van der Waals surface area contributed by atoms with Crippen LogP contribution in [0.5, 0.6) is 0 Å². The molecule has 28 heavy (non-hydrogen) atoms. The van der Waals surface area contributed by atoms with Crippen molar-refractivity contribution in [2.45, 2.75) is 30.8 Å². The Kier molecular flexibility index (Phi) is 5.45. The van der Waals surface area contributed by atoms with E-state index in [1.54, 1.807) is 0 Å². The third-order valence-electron chi connectivity index (χ3n) is 4.21. The highest BCUT2D eigenvalue weighted by Crippen LogP contribution is 2.36. The number of halogens is 1. The predicted molar refractivity (Wildman–Crippen MR) is 110 cm³/mol. The molecule has 0 saturated heterocycles. The molecule has 2 heterocycles. The van der Waals surface area contributed by atoms with E-state index < -0.39 is 0 Å². The van der Waals surface area contributed by atoms with Gasteiger partial charge in [0.15, 0.2) is 11.0 Å². The van der Waals surface area contributed by atoms with E-state index in [2.05, 4.69) is 31.9 Å². The number of hydrogen-bond donors (Lipinski definition) is 0. The molecule has 6 nitrogen and oxygen atoms in total. The second-order valence-corrected chi connectivity index (χ2v) is 7.88. The molecule has 142 valence electrons. The molecule has 0 bridgehead atoms. The molecule has 1 unspecified atom stereocenters. The Labute approximate surface area is 172 Å². The van der Waals surface area contributed by atoms with Gasteiger partial charge in [-0.3, -0.25) is 0 Å². The molecule has 0 spiro atoms. The molecule has 0 aliphatic carbocycles. The Hall–Kier alpha value is -2.64. The number of hydrogen-bond acceptors (Lipinski definition) is 6. The fraction of sp³-hybridized carbons (Fsp3) is 0.200. The van der Waals surface area contributed by atoms with Crippen LogP contribution >= 0.6 is 23.4 Å². The lowest BCUT2D eigenvalue weighted by atomic mass is 10.2. The van der Waals surface area contributed by atoms with Crippen molar-refractivity contribution in [3.05, 3.63) is 65.5 Å². The van der Waals surface area contributed by atoms with Gasteiger partial charge in [0.2, 0.25) is 11.8 Å². The fourth-order valence-electron chi connectivity index (χ4n) is 2.81. The first-order valence-electron chi connectivity index (χ1n) is 8.90. The Balaban J connectivity index is 1.57. The van der Waals surface area contributed by atoms with Gasteiger partial charge in [-0.1, -0.05) is 53.7 Å². The number of rotatable bonds is 6. The first-order chi connectivity index (χ1) is 13.7. The summed E-state index contributed by atoms with van der Waals surface area (Å²) in [6, 6.07) is 17.3. The van der Waals surface area contributed by atoms with E-state index in [-0.39, 0.29) is 5.25 Å². The molecular formula is C20H18ClN5OS. The van der Waals surface area contributed by atoms with Crippen LogP contribution in [0.4, 0.5) is 0 Å². The van der Waals surface area contributed by atoms with Crippen LogP contribution in [0.15, 0.2) is 64.2 Å². The smallest absolute Gasteiger partial charge is 0.247 e. The largest absolute Gasteiger partial charge is 0.419 e. The van der Waals surface area contributed by atoms with Gasteiger partial charge < -0.3 is 8.98 Å². The maximum Gasteiger partial charge on any atom is 0.247 e. The second-order valence-electron chi connectivity index (χ2n) is 6.13. The summed E-state index contributed by atoms with van der Waals surface area (Å²) in [5, 5.41) is 18.5. The van der Waals surface area contributed by atoms with Gasteiger partial charge >= 0.3 is 0 Å². The number of aromatic nitrogens is 5. The molecule has 0 aliphatic rings. The number of benzene rings is 2. The van der Waals surface area contributed by atoms with Gasteiger partial charge in [0.05, 0.1) is 5.25 Å². The lowest BCUT2D eigenvalue weighted by Crippen LogP contribution is -2.01. The SMILES string of the molecule is CCn1c(SC(C)c2nnc(-c3ccccc3)o2)nnc1-c1cccc(Cl)c1. The lowest BCUT2D eigenvalue weighted by Gasteiger charge is -2.09. The summed E-state index contributed by atoms with van der Waals surface area (Å²) in [5.41, 5.74) is 1.84. The molecule has 0 aliphatic heterocycles. The minimum Gasteiger partial charge on any atom is -0.419 e. The minimum atomic E-state index is -0.0633. The molecule has 0 fully saturated rings. The third kappa shape index (κ3) is 3.81. The van der Waals surface area contributed by atoms with E-state index >= 15 is 0 Å². The molecule has 4 aromatic rings. The Bertz CT molecular complexity index is 1080. The second kappa shape index (κ2) is 8.16. The van der Waals surface area contributed by atoms with Crippen molar-refractivity contribution in [2.24, 2.45) is 0 Å².